The van der Waals surface area contributed by atoms with Crippen LogP contribution in [0.1, 0.15) is 30.4 Å². The van der Waals surface area contributed by atoms with E-state index in [2.05, 4.69) is 5.32 Å². The minimum atomic E-state index is -3.57. The highest BCUT2D eigenvalue weighted by molar-refractivity contribution is 7.89. The Morgan fingerprint density at radius 3 is 2.62 bits per heavy atom. The van der Waals surface area contributed by atoms with E-state index in [1.807, 2.05) is 31.2 Å². The van der Waals surface area contributed by atoms with Gasteiger partial charge in [0.1, 0.15) is 0 Å². The quantitative estimate of drug-likeness (QED) is 0.674. The molecular formula is C22H27ClN2O3S. The number of hydrogen-bond acceptors (Lipinski definition) is 3. The largest absolute Gasteiger partial charge is 0.356 e. The van der Waals surface area contributed by atoms with Crippen molar-refractivity contribution in [3.05, 3.63) is 64.7 Å². The summed E-state index contributed by atoms with van der Waals surface area (Å²) in [5.74, 6) is -0.391. The number of sulfonamides is 1. The lowest BCUT2D eigenvalue weighted by Crippen LogP contribution is -2.45. The molecule has 1 fully saturated rings. The van der Waals surface area contributed by atoms with E-state index in [0.29, 0.717) is 25.9 Å². The minimum absolute atomic E-state index is 0.0760. The zero-order chi connectivity index (χ0) is 20.9. The first-order chi connectivity index (χ1) is 13.9. The molecule has 1 amide bonds. The number of piperidine rings is 1. The standard InChI is InChI=1S/C22H27ClN2O3S/c1-17-10-12-20(13-11-17)29(27,28)25-15-5-8-19(16-25)22(26)24-14-4-7-18-6-2-3-9-21(18)23/h2-3,6,9-13,19H,4-5,7-8,14-16H2,1H3,(H,24,26)/t19-/m1/s1. The Morgan fingerprint density at radius 1 is 1.17 bits per heavy atom. The number of hydrogen-bond donors (Lipinski definition) is 1. The summed E-state index contributed by atoms with van der Waals surface area (Å²) in [4.78, 5) is 12.9. The molecule has 1 N–H and O–H groups in total. The second-order valence-corrected chi connectivity index (χ2v) is 9.85. The molecule has 1 heterocycles. The Bertz CT molecular complexity index is 945. The first kappa shape index (κ1) is 21.8. The van der Waals surface area contributed by atoms with Crippen molar-refractivity contribution < 1.29 is 13.2 Å². The molecule has 1 aliphatic rings. The first-order valence-electron chi connectivity index (χ1n) is 9.96. The number of nitrogens with zero attached hydrogens (tertiary/aromatic N) is 1. The first-order valence-corrected chi connectivity index (χ1v) is 11.8. The van der Waals surface area contributed by atoms with Gasteiger partial charge in [-0.3, -0.25) is 4.79 Å². The van der Waals surface area contributed by atoms with Crippen LogP contribution in [0.25, 0.3) is 0 Å². The van der Waals surface area contributed by atoms with Crippen molar-refractivity contribution in [3.8, 4) is 0 Å². The maximum atomic E-state index is 12.9. The van der Waals surface area contributed by atoms with Crippen molar-refractivity contribution in [1.29, 1.82) is 0 Å². The molecule has 1 aliphatic heterocycles. The molecule has 5 nitrogen and oxygen atoms in total. The average molecular weight is 435 g/mol. The predicted octanol–water partition coefficient (Wildman–Crippen LogP) is 3.80. The maximum absolute atomic E-state index is 12.9. The van der Waals surface area contributed by atoms with Crippen LogP contribution in [0.4, 0.5) is 0 Å². The summed E-state index contributed by atoms with van der Waals surface area (Å²) in [6.45, 7) is 3.15. The predicted molar refractivity (Wildman–Crippen MR) is 115 cm³/mol. The smallest absolute Gasteiger partial charge is 0.243 e. The zero-order valence-corrected chi connectivity index (χ0v) is 18.2. The molecule has 3 rings (SSSR count). The molecule has 2 aromatic carbocycles. The zero-order valence-electron chi connectivity index (χ0n) is 16.6. The highest BCUT2D eigenvalue weighted by atomic mass is 35.5. The number of carbonyl (C=O) groups is 1. The van der Waals surface area contributed by atoms with Gasteiger partial charge in [0.05, 0.1) is 10.8 Å². The maximum Gasteiger partial charge on any atom is 0.243 e. The molecule has 0 bridgehead atoms. The lowest BCUT2D eigenvalue weighted by atomic mass is 9.99. The summed E-state index contributed by atoms with van der Waals surface area (Å²) in [5, 5.41) is 3.70. The van der Waals surface area contributed by atoms with Crippen molar-refractivity contribution in [2.24, 2.45) is 5.92 Å². The second-order valence-electron chi connectivity index (χ2n) is 7.50. The van der Waals surface area contributed by atoms with E-state index in [9.17, 15) is 13.2 Å². The highest BCUT2D eigenvalue weighted by Crippen LogP contribution is 2.24. The molecule has 7 heteroatoms. The summed E-state index contributed by atoms with van der Waals surface area (Å²) in [6.07, 6.45) is 2.96. The van der Waals surface area contributed by atoms with Crippen molar-refractivity contribution in [1.82, 2.24) is 9.62 Å². The van der Waals surface area contributed by atoms with E-state index < -0.39 is 10.0 Å². The Labute approximate surface area is 178 Å². The molecule has 1 saturated heterocycles. The second kappa shape index (κ2) is 9.74. The number of amides is 1. The summed E-state index contributed by atoms with van der Waals surface area (Å²) in [7, 11) is -3.57. The summed E-state index contributed by atoms with van der Waals surface area (Å²) in [5.41, 5.74) is 2.08. The third-order valence-corrected chi connectivity index (χ3v) is 7.54. The van der Waals surface area contributed by atoms with Crippen molar-refractivity contribution in [2.45, 2.75) is 37.5 Å². The Balaban J connectivity index is 1.52. The molecule has 0 aromatic heterocycles. The number of nitrogens with one attached hydrogen (secondary N) is 1. The van der Waals surface area contributed by atoms with Gasteiger partial charge in [0, 0.05) is 24.7 Å². The van der Waals surface area contributed by atoms with Gasteiger partial charge in [0.25, 0.3) is 0 Å². The fourth-order valence-corrected chi connectivity index (χ4v) is 5.32. The van der Waals surface area contributed by atoms with Gasteiger partial charge >= 0.3 is 0 Å². The molecule has 0 radical (unpaired) electrons. The topological polar surface area (TPSA) is 66.5 Å². The molecule has 0 aliphatic carbocycles. The van der Waals surface area contributed by atoms with Gasteiger partial charge in [-0.05, 0) is 56.4 Å². The third kappa shape index (κ3) is 5.59. The van der Waals surface area contributed by atoms with Gasteiger partial charge in [-0.1, -0.05) is 47.5 Å². The van der Waals surface area contributed by atoms with Crippen molar-refractivity contribution >= 4 is 27.5 Å². The van der Waals surface area contributed by atoms with E-state index in [1.165, 1.54) is 4.31 Å². The summed E-state index contributed by atoms with van der Waals surface area (Å²) in [6, 6.07) is 14.5. The monoisotopic (exact) mass is 434 g/mol. The van der Waals surface area contributed by atoms with E-state index in [4.69, 9.17) is 11.6 Å². The van der Waals surface area contributed by atoms with Crippen LogP contribution < -0.4 is 5.32 Å². The van der Waals surface area contributed by atoms with Crippen LogP contribution in [-0.4, -0.2) is 38.3 Å². The Hall–Kier alpha value is -1.89. The van der Waals surface area contributed by atoms with Crippen LogP contribution in [0.2, 0.25) is 5.02 Å². The van der Waals surface area contributed by atoms with Gasteiger partial charge in [0.15, 0.2) is 0 Å². The highest BCUT2D eigenvalue weighted by Gasteiger charge is 2.33. The normalized spacial score (nSPS) is 17.8. The Morgan fingerprint density at radius 2 is 1.90 bits per heavy atom. The molecule has 29 heavy (non-hydrogen) atoms. The molecular weight excluding hydrogens is 408 g/mol. The molecule has 1 atom stereocenters. The van der Waals surface area contributed by atoms with Gasteiger partial charge in [0.2, 0.25) is 15.9 Å². The van der Waals surface area contributed by atoms with Crippen LogP contribution in [0.15, 0.2) is 53.4 Å². The number of carbonyl (C=O) groups excluding carboxylic acids is 1. The van der Waals surface area contributed by atoms with E-state index in [-0.39, 0.29) is 23.3 Å². The molecule has 0 saturated carbocycles. The fourth-order valence-electron chi connectivity index (χ4n) is 3.57. The van der Waals surface area contributed by atoms with Crippen LogP contribution in [0.5, 0.6) is 0 Å². The number of halogens is 1. The van der Waals surface area contributed by atoms with Gasteiger partial charge in [-0.25, -0.2) is 8.42 Å². The fraction of sp³-hybridized carbons (Fsp3) is 0.409. The summed E-state index contributed by atoms with van der Waals surface area (Å²) >= 11 is 6.16. The van der Waals surface area contributed by atoms with Gasteiger partial charge < -0.3 is 5.32 Å². The molecule has 0 unspecified atom stereocenters. The summed E-state index contributed by atoms with van der Waals surface area (Å²) < 4.78 is 27.2. The average Bonchev–Trinajstić information content (AvgIpc) is 2.72. The van der Waals surface area contributed by atoms with Crippen molar-refractivity contribution in [3.63, 3.8) is 0 Å². The van der Waals surface area contributed by atoms with E-state index >= 15 is 0 Å². The number of benzene rings is 2. The van der Waals surface area contributed by atoms with E-state index in [0.717, 1.165) is 29.0 Å². The minimum Gasteiger partial charge on any atom is -0.356 e. The number of rotatable bonds is 7. The SMILES string of the molecule is Cc1ccc(S(=O)(=O)N2CCC[C@@H](C(=O)NCCCc3ccccc3Cl)C2)cc1. The molecule has 156 valence electrons. The third-order valence-electron chi connectivity index (χ3n) is 5.29. The number of aryl methyl sites for hydroxylation is 2. The molecule has 2 aromatic rings. The van der Waals surface area contributed by atoms with Crippen LogP contribution >= 0.6 is 11.6 Å². The molecule has 0 spiro atoms. The van der Waals surface area contributed by atoms with Crippen molar-refractivity contribution in [2.75, 3.05) is 19.6 Å². The lowest BCUT2D eigenvalue weighted by Gasteiger charge is -2.31. The lowest BCUT2D eigenvalue weighted by molar-refractivity contribution is -0.126. The van der Waals surface area contributed by atoms with E-state index in [1.54, 1.807) is 24.3 Å². The van der Waals surface area contributed by atoms with Crippen LogP contribution in [0.3, 0.4) is 0 Å². The van der Waals surface area contributed by atoms with Gasteiger partial charge in [-0.2, -0.15) is 4.31 Å². The van der Waals surface area contributed by atoms with Crippen LogP contribution in [-0.2, 0) is 21.2 Å². The van der Waals surface area contributed by atoms with Gasteiger partial charge in [-0.15, -0.1) is 0 Å². The Kier molecular flexibility index (Phi) is 7.33. The van der Waals surface area contributed by atoms with Crippen LogP contribution in [0, 0.1) is 12.8 Å².